The number of alkyl carbamates (subject to hydrolysis) is 2. The van der Waals surface area contributed by atoms with Crippen LogP contribution in [0.3, 0.4) is 0 Å². The number of amides is 4. The number of allylic oxidation sites excluding steroid dienone is 1. The Morgan fingerprint density at radius 1 is 0.821 bits per heavy atom. The third kappa shape index (κ3) is 15.3. The van der Waals surface area contributed by atoms with Crippen LogP contribution in [0.2, 0.25) is 0 Å². The van der Waals surface area contributed by atoms with Gasteiger partial charge in [-0.25, -0.2) is 28.4 Å². The van der Waals surface area contributed by atoms with Crippen molar-refractivity contribution >= 4 is 41.6 Å². The van der Waals surface area contributed by atoms with Gasteiger partial charge >= 0.3 is 31.1 Å². The predicted octanol–water partition coefficient (Wildman–Crippen LogP) is 6.39. The van der Waals surface area contributed by atoms with Crippen molar-refractivity contribution in [2.75, 3.05) is 45.8 Å². The number of nitrogens with one attached hydrogen (secondary N) is 6. The maximum Gasteiger partial charge on any atom is 0.407 e. The Kier molecular flexibility index (Phi) is 20.2. The zero-order chi connectivity index (χ0) is 58.1. The highest BCUT2D eigenvalue weighted by Gasteiger charge is 2.57. The molecule has 17 nitrogen and oxygen atoms in total. The maximum atomic E-state index is 16.0. The summed E-state index contributed by atoms with van der Waals surface area (Å²) < 4.78 is 154. The number of fused-ring (bicyclic) bond motifs is 2. The number of carbonyl (C=O) groups is 4. The topological polar surface area (TPSA) is 214 Å². The van der Waals surface area contributed by atoms with Crippen molar-refractivity contribution in [1.82, 2.24) is 41.6 Å². The molecule has 78 heavy (non-hydrogen) atoms. The molecule has 2 fully saturated rings. The molecule has 0 radical (unpaired) electrons. The number of halogens is 10. The smallest absolute Gasteiger partial charge is 0.407 e. The van der Waals surface area contributed by atoms with Crippen molar-refractivity contribution in [2.45, 2.75) is 109 Å². The lowest BCUT2D eigenvalue weighted by Gasteiger charge is -2.39. The molecule has 7 N–H and O–H groups in total. The van der Waals surface area contributed by atoms with Crippen LogP contribution in [-0.4, -0.2) is 146 Å². The molecule has 2 aliphatic rings. The van der Waals surface area contributed by atoms with Crippen molar-refractivity contribution in [3.05, 3.63) is 100 Å². The number of hydrazine groups is 1. The van der Waals surface area contributed by atoms with Crippen molar-refractivity contribution in [1.29, 1.82) is 5.41 Å². The number of pyridine rings is 1. The van der Waals surface area contributed by atoms with E-state index < -0.39 is 126 Å². The van der Waals surface area contributed by atoms with Crippen LogP contribution in [-0.2, 0) is 32.0 Å². The molecule has 3 aromatic rings. The fourth-order valence-electron chi connectivity index (χ4n) is 8.64. The number of benzene rings is 2. The molecule has 27 heteroatoms. The minimum absolute atomic E-state index is 0.263. The summed E-state index contributed by atoms with van der Waals surface area (Å²) in [6.45, 7) is -1.55. The zero-order valence-corrected chi connectivity index (χ0v) is 43.3. The monoisotopic (exact) mass is 1110 g/mol. The van der Waals surface area contributed by atoms with Gasteiger partial charge in [0.25, 0.3) is 5.91 Å². The van der Waals surface area contributed by atoms with Crippen molar-refractivity contribution in [3.63, 3.8) is 0 Å². The number of rotatable bonds is 20. The summed E-state index contributed by atoms with van der Waals surface area (Å²) in [5.41, 5.74) is -4.76. The summed E-state index contributed by atoms with van der Waals surface area (Å²) in [7, 11) is 3.71. The van der Waals surface area contributed by atoms with E-state index in [1.165, 1.54) is 24.3 Å². The van der Waals surface area contributed by atoms with Gasteiger partial charge in [-0.15, -0.1) is 0 Å². The molecule has 2 bridgehead atoms. The Morgan fingerprint density at radius 2 is 1.33 bits per heavy atom. The highest BCUT2D eigenvalue weighted by atomic mass is 19.4. The Labute approximate surface area is 442 Å². The number of piperazine rings is 1. The minimum Gasteiger partial charge on any atom is -0.453 e. The normalized spacial score (nSPS) is 17.7. The third-order valence-corrected chi connectivity index (χ3v) is 13.8. The number of nitrogens with zero attached hydrogens (tertiary/aromatic N) is 4. The van der Waals surface area contributed by atoms with Crippen molar-refractivity contribution in [3.8, 4) is 11.8 Å². The van der Waals surface area contributed by atoms with Crippen LogP contribution < -0.4 is 31.6 Å². The van der Waals surface area contributed by atoms with Gasteiger partial charge in [-0.3, -0.25) is 19.9 Å². The number of alkyl halides is 8. The SMILES string of the molecule is COC(=O)NC(C(=O)N[C@@H](Cc1ccc(C#Cc2ccc(N3CC4CCC(C3)N4C)nc2)cc1)[C@@H](O)CN(Cc1c(F)cc(/C(C=N)=C/NC(F)F)cc1F)NC(=O)[C@@H](NC(=O)OC)C(C)(C)C(F)(F)F)C(C)(C)C(F)(F)F. The number of aliphatic hydroxyl groups is 1. The summed E-state index contributed by atoms with van der Waals surface area (Å²) in [6, 6.07) is 4.95. The number of likely N-dealkylation sites (N-methyl/N-ethyl adjacent to an activating group) is 1. The van der Waals surface area contributed by atoms with Crippen LogP contribution in [0.1, 0.15) is 68.4 Å². The summed E-state index contributed by atoms with van der Waals surface area (Å²) in [5.74, 6) is 0.600. The first-order valence-electron chi connectivity index (χ1n) is 24.0. The van der Waals surface area contributed by atoms with Gasteiger partial charge < -0.3 is 46.2 Å². The average molecular weight is 1120 g/mol. The van der Waals surface area contributed by atoms with E-state index in [4.69, 9.17) is 5.41 Å². The van der Waals surface area contributed by atoms with E-state index >= 15 is 8.78 Å². The number of methoxy groups -OCH3 is 2. The summed E-state index contributed by atoms with van der Waals surface area (Å²) in [5, 5.41) is 27.5. The highest BCUT2D eigenvalue weighted by Crippen LogP contribution is 2.42. The number of aliphatic hydroxyl groups excluding tert-OH is 1. The van der Waals surface area contributed by atoms with E-state index in [2.05, 4.69) is 48.5 Å². The molecule has 2 aliphatic heterocycles. The Hall–Kier alpha value is -7.18. The fraction of sp³-hybridized carbons (Fsp3) is 0.490. The van der Waals surface area contributed by atoms with Gasteiger partial charge in [0.1, 0.15) is 29.5 Å². The molecule has 0 spiro atoms. The van der Waals surface area contributed by atoms with Gasteiger partial charge in [0.2, 0.25) is 5.91 Å². The van der Waals surface area contributed by atoms with Crippen LogP contribution in [0.4, 0.5) is 59.3 Å². The van der Waals surface area contributed by atoms with E-state index in [0.717, 1.165) is 46.0 Å². The van der Waals surface area contributed by atoms with E-state index in [1.54, 1.807) is 16.8 Å². The molecule has 3 heterocycles. The fourth-order valence-corrected chi connectivity index (χ4v) is 8.64. The number of carbonyl (C=O) groups excluding carboxylic acids is 4. The molecule has 0 aliphatic carbocycles. The second-order valence-electron chi connectivity index (χ2n) is 19.8. The van der Waals surface area contributed by atoms with Gasteiger partial charge in [-0.05, 0) is 102 Å². The lowest BCUT2D eigenvalue weighted by atomic mass is 9.82. The first-order valence-corrected chi connectivity index (χ1v) is 24.0. The first kappa shape index (κ1) is 61.7. The van der Waals surface area contributed by atoms with Crippen LogP contribution in [0.25, 0.3) is 5.57 Å². The Morgan fingerprint density at radius 3 is 1.81 bits per heavy atom. The van der Waals surface area contributed by atoms with Crippen molar-refractivity contribution in [2.24, 2.45) is 10.8 Å². The lowest BCUT2D eigenvalue weighted by molar-refractivity contribution is -0.221. The van der Waals surface area contributed by atoms with E-state index in [0.29, 0.717) is 80.5 Å². The summed E-state index contributed by atoms with van der Waals surface area (Å²) >= 11 is 0. The van der Waals surface area contributed by atoms with Gasteiger partial charge in [0.05, 0.1) is 37.2 Å². The average Bonchev–Trinajstić information content (AvgIpc) is 3.59. The van der Waals surface area contributed by atoms with Crippen LogP contribution in [0.5, 0.6) is 0 Å². The van der Waals surface area contributed by atoms with Gasteiger partial charge in [0, 0.05) is 79.1 Å². The van der Waals surface area contributed by atoms with Crippen LogP contribution in [0, 0.1) is 39.7 Å². The second kappa shape index (κ2) is 25.5. The second-order valence-corrected chi connectivity index (χ2v) is 19.8. The molecule has 2 aromatic carbocycles. The molecule has 6 atom stereocenters. The van der Waals surface area contributed by atoms with E-state index in [1.807, 2.05) is 22.9 Å². The standard InChI is InChI=1S/C51H60F10N10O7/c1-48(2,50(56,57)58)41(66-46(75)77-6)43(73)65-38(18-29-11-8-28(9-12-29)10-13-30-14-17-40(63-22-30)70-24-33-15-16-34(25-70)69(33)5)39(72)27-71(68-44(74)42(67-47(76)78-7)49(3,4)51(59,60)61)26-35-36(52)19-31(20-37(35)53)32(21-62)23-64-45(54)55/h8-9,11-12,14,17,19-23,33-34,38-39,41-42,45,62,64,72H,15-16,18,24-27H2,1-7H3,(H,65,73)(H,66,75)(H,67,76)(H,68,74)/b32-23+,62-21?/t33?,34?,38-,39-,41?,42+/m0/s1. The van der Waals surface area contributed by atoms with Gasteiger partial charge in [-0.1, -0.05) is 24.0 Å². The summed E-state index contributed by atoms with van der Waals surface area (Å²) in [6.07, 6.45) is -11.2. The molecular formula is C51H60F10N10O7. The van der Waals surface area contributed by atoms with Gasteiger partial charge in [0.15, 0.2) is 0 Å². The molecule has 1 aromatic heterocycles. The summed E-state index contributed by atoms with van der Waals surface area (Å²) in [4.78, 5) is 62.0. The van der Waals surface area contributed by atoms with Gasteiger partial charge in [-0.2, -0.15) is 35.1 Å². The maximum absolute atomic E-state index is 16.0. The van der Waals surface area contributed by atoms with E-state index in [-0.39, 0.29) is 5.56 Å². The minimum atomic E-state index is -5.24. The lowest BCUT2D eigenvalue weighted by Crippen LogP contribution is -2.63. The number of hydrogen-bond acceptors (Lipinski definition) is 13. The Balaban J connectivity index is 1.52. The van der Waals surface area contributed by atoms with Crippen LogP contribution in [0.15, 0.2) is 60.9 Å². The van der Waals surface area contributed by atoms with E-state index in [9.17, 15) is 59.4 Å². The quantitative estimate of drug-likeness (QED) is 0.0216. The molecule has 4 amide bonds. The number of aromatic nitrogens is 1. The number of ether oxygens (including phenoxy) is 2. The van der Waals surface area contributed by atoms with Crippen LogP contribution >= 0.6 is 0 Å². The van der Waals surface area contributed by atoms with Crippen molar-refractivity contribution < 1.29 is 77.7 Å². The number of anilines is 1. The molecule has 2 saturated heterocycles. The molecule has 5 rings (SSSR count). The zero-order valence-electron chi connectivity index (χ0n) is 43.3. The number of hydrogen-bond donors (Lipinski definition) is 7. The first-order chi connectivity index (χ1) is 36.4. The molecular weight excluding hydrogens is 1050 g/mol. The highest BCUT2D eigenvalue weighted by molar-refractivity contribution is 6.08. The predicted molar refractivity (Wildman–Crippen MR) is 264 cm³/mol. The largest absolute Gasteiger partial charge is 0.453 e. The molecule has 3 unspecified atom stereocenters. The third-order valence-electron chi connectivity index (χ3n) is 13.8. The molecule has 0 saturated carbocycles. The Bertz CT molecular complexity index is 2680. The molecule has 426 valence electrons.